The molecule has 0 atom stereocenters. The fraction of sp³-hybridized carbons (Fsp3) is 0.455. The molecule has 0 aliphatic rings. The van der Waals surface area contributed by atoms with Crippen molar-refractivity contribution in [2.75, 3.05) is 19.8 Å². The molecule has 1 rings (SSSR count). The fourth-order valence-electron chi connectivity index (χ4n) is 1.60. The molecule has 2 N–H and O–H groups in total. The number of pyridine rings is 1. The molecule has 0 radical (unpaired) electrons. The van der Waals surface area contributed by atoms with E-state index in [1.54, 1.807) is 37.3 Å². The van der Waals surface area contributed by atoms with Gasteiger partial charge in [0.05, 0.1) is 16.8 Å². The Kier molecular flexibility index (Phi) is 2.98. The summed E-state index contributed by atoms with van der Waals surface area (Å²) in [5.41, 5.74) is 6.31. The van der Waals surface area contributed by atoms with Crippen molar-refractivity contribution in [2.24, 2.45) is 0 Å². The van der Waals surface area contributed by atoms with Gasteiger partial charge < -0.3 is 10.6 Å². The van der Waals surface area contributed by atoms with Gasteiger partial charge in [-0.25, -0.2) is 0 Å². The number of aromatic nitrogens is 1. The van der Waals surface area contributed by atoms with Crippen LogP contribution in [0, 0.1) is 0 Å². The standard InChI is InChI=1S/C11H17N3O/c1-11(2,10(15)14(3)4)9-8(12)6-5-7-13-9/h5-7H,12H2,1-4H3. The van der Waals surface area contributed by atoms with E-state index in [1.165, 1.54) is 0 Å². The quantitative estimate of drug-likeness (QED) is 0.788. The molecule has 4 nitrogen and oxygen atoms in total. The minimum Gasteiger partial charge on any atom is -0.397 e. The van der Waals surface area contributed by atoms with Crippen LogP contribution in [0.25, 0.3) is 0 Å². The lowest BCUT2D eigenvalue weighted by molar-refractivity contribution is -0.133. The summed E-state index contributed by atoms with van der Waals surface area (Å²) in [5.74, 6) is -0.00657. The zero-order chi connectivity index (χ0) is 11.6. The van der Waals surface area contributed by atoms with Gasteiger partial charge in [0.1, 0.15) is 0 Å². The highest BCUT2D eigenvalue weighted by Crippen LogP contribution is 2.27. The molecule has 0 aliphatic heterocycles. The Balaban J connectivity index is 3.17. The summed E-state index contributed by atoms with van der Waals surface area (Å²) < 4.78 is 0. The van der Waals surface area contributed by atoms with Gasteiger partial charge in [-0.1, -0.05) is 0 Å². The lowest BCUT2D eigenvalue weighted by Gasteiger charge is -2.27. The van der Waals surface area contributed by atoms with Gasteiger partial charge in [0.15, 0.2) is 0 Å². The van der Waals surface area contributed by atoms with Crippen LogP contribution in [0.3, 0.4) is 0 Å². The first-order chi connectivity index (χ1) is 6.87. The Labute approximate surface area is 90.1 Å². The Hall–Kier alpha value is -1.58. The average Bonchev–Trinajstić information content (AvgIpc) is 2.16. The topological polar surface area (TPSA) is 59.2 Å². The summed E-state index contributed by atoms with van der Waals surface area (Å²) in [4.78, 5) is 17.7. The predicted octanol–water partition coefficient (Wildman–Crippen LogP) is 1.03. The van der Waals surface area contributed by atoms with Gasteiger partial charge in [0.25, 0.3) is 0 Å². The van der Waals surface area contributed by atoms with Crippen molar-refractivity contribution in [1.29, 1.82) is 0 Å². The van der Waals surface area contributed by atoms with E-state index >= 15 is 0 Å². The van der Waals surface area contributed by atoms with Crippen LogP contribution >= 0.6 is 0 Å². The Bertz CT molecular complexity index is 372. The van der Waals surface area contributed by atoms with E-state index in [-0.39, 0.29) is 5.91 Å². The Morgan fingerprint density at radius 3 is 2.53 bits per heavy atom. The van der Waals surface area contributed by atoms with Crippen molar-refractivity contribution < 1.29 is 4.79 Å². The van der Waals surface area contributed by atoms with Gasteiger partial charge >= 0.3 is 0 Å². The zero-order valence-corrected chi connectivity index (χ0v) is 9.61. The Morgan fingerprint density at radius 1 is 1.47 bits per heavy atom. The number of amides is 1. The molecule has 0 aromatic carbocycles. The molecule has 82 valence electrons. The average molecular weight is 207 g/mol. The highest BCUT2D eigenvalue weighted by atomic mass is 16.2. The lowest BCUT2D eigenvalue weighted by atomic mass is 9.86. The molecule has 0 fully saturated rings. The molecule has 0 saturated carbocycles. The smallest absolute Gasteiger partial charge is 0.233 e. The van der Waals surface area contributed by atoms with Gasteiger partial charge in [0.2, 0.25) is 5.91 Å². The third-order valence-corrected chi connectivity index (χ3v) is 2.37. The summed E-state index contributed by atoms with van der Waals surface area (Å²) in [6.45, 7) is 3.65. The molecule has 0 unspecified atom stereocenters. The second-order valence-electron chi connectivity index (χ2n) is 4.27. The van der Waals surface area contributed by atoms with Crippen LogP contribution in [0.15, 0.2) is 18.3 Å². The lowest BCUT2D eigenvalue weighted by Crippen LogP contribution is -2.40. The first-order valence-electron chi connectivity index (χ1n) is 4.80. The van der Waals surface area contributed by atoms with Gasteiger partial charge in [-0.15, -0.1) is 0 Å². The van der Waals surface area contributed by atoms with Crippen LogP contribution in [0.4, 0.5) is 5.69 Å². The molecule has 1 aromatic rings. The number of nitrogen functional groups attached to an aromatic ring is 1. The maximum Gasteiger partial charge on any atom is 0.233 e. The van der Waals surface area contributed by atoms with Crippen molar-refractivity contribution in [1.82, 2.24) is 9.88 Å². The minimum absolute atomic E-state index is 0.00657. The van der Waals surface area contributed by atoms with Crippen LogP contribution in [0.1, 0.15) is 19.5 Å². The zero-order valence-electron chi connectivity index (χ0n) is 9.61. The molecule has 0 spiro atoms. The van der Waals surface area contributed by atoms with Crippen LogP contribution in [-0.4, -0.2) is 29.9 Å². The largest absolute Gasteiger partial charge is 0.397 e. The van der Waals surface area contributed by atoms with Crippen LogP contribution < -0.4 is 5.73 Å². The highest BCUT2D eigenvalue weighted by Gasteiger charge is 2.34. The maximum absolute atomic E-state index is 11.9. The van der Waals surface area contributed by atoms with Gasteiger partial charge in [-0.2, -0.15) is 0 Å². The van der Waals surface area contributed by atoms with Crippen molar-refractivity contribution in [2.45, 2.75) is 19.3 Å². The first kappa shape index (κ1) is 11.5. The summed E-state index contributed by atoms with van der Waals surface area (Å²) in [7, 11) is 3.45. The molecule has 0 bridgehead atoms. The minimum atomic E-state index is -0.686. The Morgan fingerprint density at radius 2 is 2.07 bits per heavy atom. The van der Waals surface area contributed by atoms with Crippen molar-refractivity contribution >= 4 is 11.6 Å². The number of anilines is 1. The number of likely N-dealkylation sites (N-methyl/N-ethyl adjacent to an activating group) is 1. The number of nitrogens with zero attached hydrogens (tertiary/aromatic N) is 2. The van der Waals surface area contributed by atoms with Crippen LogP contribution in [-0.2, 0) is 10.2 Å². The van der Waals surface area contributed by atoms with Crippen LogP contribution in [0.5, 0.6) is 0 Å². The van der Waals surface area contributed by atoms with Gasteiger partial charge in [-0.3, -0.25) is 9.78 Å². The number of carbonyl (C=O) groups is 1. The molecule has 1 heterocycles. The summed E-state index contributed by atoms with van der Waals surface area (Å²) in [6.07, 6.45) is 1.65. The summed E-state index contributed by atoms with van der Waals surface area (Å²) >= 11 is 0. The van der Waals surface area contributed by atoms with Crippen LogP contribution in [0.2, 0.25) is 0 Å². The van der Waals surface area contributed by atoms with E-state index < -0.39 is 5.41 Å². The third-order valence-electron chi connectivity index (χ3n) is 2.37. The van der Waals surface area contributed by atoms with Crippen molar-refractivity contribution in [3.8, 4) is 0 Å². The van der Waals surface area contributed by atoms with E-state index in [0.29, 0.717) is 11.4 Å². The van der Waals surface area contributed by atoms with Crippen molar-refractivity contribution in [3.63, 3.8) is 0 Å². The first-order valence-corrected chi connectivity index (χ1v) is 4.80. The van der Waals surface area contributed by atoms with Gasteiger partial charge in [-0.05, 0) is 26.0 Å². The molecular formula is C11H17N3O. The second-order valence-corrected chi connectivity index (χ2v) is 4.27. The van der Waals surface area contributed by atoms with E-state index in [4.69, 9.17) is 5.73 Å². The molecule has 0 saturated heterocycles. The molecule has 1 aromatic heterocycles. The third kappa shape index (κ3) is 2.09. The normalized spacial score (nSPS) is 11.2. The number of rotatable bonds is 2. The monoisotopic (exact) mass is 207 g/mol. The number of carbonyl (C=O) groups excluding carboxylic acids is 1. The number of nitrogens with two attached hydrogens (primary N) is 1. The predicted molar refractivity (Wildman–Crippen MR) is 60.4 cm³/mol. The van der Waals surface area contributed by atoms with Gasteiger partial charge in [0, 0.05) is 20.3 Å². The maximum atomic E-state index is 11.9. The van der Waals surface area contributed by atoms with Crippen molar-refractivity contribution in [3.05, 3.63) is 24.0 Å². The second kappa shape index (κ2) is 3.88. The molecule has 15 heavy (non-hydrogen) atoms. The number of hydrogen-bond acceptors (Lipinski definition) is 3. The SMILES string of the molecule is CN(C)C(=O)C(C)(C)c1ncccc1N. The van der Waals surface area contributed by atoms with E-state index in [1.807, 2.05) is 13.8 Å². The number of hydrogen-bond donors (Lipinski definition) is 1. The van der Waals surface area contributed by atoms with E-state index in [2.05, 4.69) is 4.98 Å². The molecule has 0 aliphatic carbocycles. The molecule has 1 amide bonds. The highest BCUT2D eigenvalue weighted by molar-refractivity contribution is 5.87. The summed E-state index contributed by atoms with van der Waals surface area (Å²) in [6, 6.07) is 3.52. The summed E-state index contributed by atoms with van der Waals surface area (Å²) in [5, 5.41) is 0. The van der Waals surface area contributed by atoms with E-state index in [0.717, 1.165) is 0 Å². The molecular weight excluding hydrogens is 190 g/mol. The van der Waals surface area contributed by atoms with E-state index in [9.17, 15) is 4.79 Å². The molecule has 4 heteroatoms. The fourth-order valence-corrected chi connectivity index (χ4v) is 1.60.